The number of rotatable bonds is 3. The zero-order valence-electron chi connectivity index (χ0n) is 7.93. The normalized spacial score (nSPS) is 11.5. The predicted octanol–water partition coefficient (Wildman–Crippen LogP) is 3.50. The molecular formula is C9H7AgCl3O3. The first kappa shape index (κ1) is 16.1. The Hall–Kier alpha value is 0.100. The minimum atomic E-state index is -1.09. The van der Waals surface area contributed by atoms with Gasteiger partial charge in [0.15, 0.2) is 6.10 Å². The summed E-state index contributed by atoms with van der Waals surface area (Å²) in [6.45, 7) is 1.39. The van der Waals surface area contributed by atoms with Gasteiger partial charge in [-0.15, -0.1) is 0 Å². The minimum Gasteiger partial charge on any atom is -0.479 e. The molecule has 1 unspecified atom stereocenters. The van der Waals surface area contributed by atoms with Crippen molar-refractivity contribution in [3.63, 3.8) is 0 Å². The van der Waals surface area contributed by atoms with Crippen LogP contribution in [0.3, 0.4) is 0 Å². The van der Waals surface area contributed by atoms with Gasteiger partial charge in [-0.1, -0.05) is 34.8 Å². The van der Waals surface area contributed by atoms with Crippen LogP contribution in [0, 0.1) is 0 Å². The van der Waals surface area contributed by atoms with E-state index in [2.05, 4.69) is 0 Å². The van der Waals surface area contributed by atoms with Crippen molar-refractivity contribution < 1.29 is 37.0 Å². The van der Waals surface area contributed by atoms with Crippen molar-refractivity contribution in [2.24, 2.45) is 0 Å². The molecule has 16 heavy (non-hydrogen) atoms. The molecule has 1 rings (SSSR count). The molecule has 1 aromatic carbocycles. The molecule has 0 aliphatic carbocycles. The fourth-order valence-electron chi connectivity index (χ4n) is 0.835. The second-order valence-corrected chi connectivity index (χ2v) is 4.02. The second kappa shape index (κ2) is 6.74. The summed E-state index contributed by atoms with van der Waals surface area (Å²) in [5.41, 5.74) is 0. The summed E-state index contributed by atoms with van der Waals surface area (Å²) < 4.78 is 5.07. The van der Waals surface area contributed by atoms with Gasteiger partial charge in [-0.2, -0.15) is 0 Å². The molecule has 1 N–H and O–H groups in total. The third-order valence-electron chi connectivity index (χ3n) is 1.63. The van der Waals surface area contributed by atoms with Gasteiger partial charge in [0, 0.05) is 28.4 Å². The van der Waals surface area contributed by atoms with Crippen molar-refractivity contribution >= 4 is 40.8 Å². The molecule has 3 nitrogen and oxygen atoms in total. The standard InChI is InChI=1S/C9H7Cl3O3.Ag/c1-4(9(13)14)15-8-3-6(11)5(10)2-7(8)12;/h2-4H,1H3,(H,13,14);. The molecule has 0 aliphatic rings. The van der Waals surface area contributed by atoms with E-state index >= 15 is 0 Å². The van der Waals surface area contributed by atoms with E-state index in [0.717, 1.165) is 0 Å². The van der Waals surface area contributed by atoms with Crippen molar-refractivity contribution in [1.29, 1.82) is 0 Å². The number of hydrogen-bond donors (Lipinski definition) is 1. The summed E-state index contributed by atoms with van der Waals surface area (Å²) in [6, 6.07) is 2.78. The van der Waals surface area contributed by atoms with E-state index in [0.29, 0.717) is 0 Å². The molecule has 1 atom stereocenters. The molecule has 0 bridgehead atoms. The van der Waals surface area contributed by atoms with Gasteiger partial charge in [0.1, 0.15) is 5.75 Å². The average Bonchev–Trinajstić information content (AvgIpc) is 2.13. The van der Waals surface area contributed by atoms with E-state index in [1.807, 2.05) is 0 Å². The van der Waals surface area contributed by atoms with Gasteiger partial charge in [-0.3, -0.25) is 0 Å². The Morgan fingerprint density at radius 2 is 1.75 bits per heavy atom. The molecule has 0 aliphatic heterocycles. The monoisotopic (exact) mass is 375 g/mol. The van der Waals surface area contributed by atoms with Crippen molar-refractivity contribution in [2.75, 3.05) is 0 Å². The molecule has 0 amide bonds. The molecule has 0 spiro atoms. The third-order valence-corrected chi connectivity index (χ3v) is 2.64. The number of carboxylic acids is 1. The molecule has 0 fully saturated rings. The maximum atomic E-state index is 10.5. The number of halogens is 3. The molecule has 1 radical (unpaired) electrons. The molecule has 0 aromatic heterocycles. The summed E-state index contributed by atoms with van der Waals surface area (Å²) in [4.78, 5) is 10.5. The maximum absolute atomic E-state index is 10.5. The zero-order chi connectivity index (χ0) is 11.6. The van der Waals surface area contributed by atoms with Crippen LogP contribution in [-0.4, -0.2) is 17.2 Å². The van der Waals surface area contributed by atoms with Crippen molar-refractivity contribution in [3.8, 4) is 5.75 Å². The minimum absolute atomic E-state index is 0. The SMILES string of the molecule is CC(Oc1cc(Cl)c(Cl)cc1Cl)C(=O)O.[Ag]. The summed E-state index contributed by atoms with van der Waals surface area (Å²) in [5.74, 6) is -0.891. The van der Waals surface area contributed by atoms with E-state index in [1.54, 1.807) is 0 Å². The Morgan fingerprint density at radius 3 is 2.25 bits per heavy atom. The topological polar surface area (TPSA) is 46.5 Å². The van der Waals surface area contributed by atoms with Crippen LogP contribution in [-0.2, 0) is 27.2 Å². The van der Waals surface area contributed by atoms with Crippen molar-refractivity contribution in [3.05, 3.63) is 27.2 Å². The van der Waals surface area contributed by atoms with E-state index in [9.17, 15) is 4.79 Å². The zero-order valence-corrected chi connectivity index (χ0v) is 11.7. The van der Waals surface area contributed by atoms with E-state index < -0.39 is 12.1 Å². The van der Waals surface area contributed by atoms with Crippen LogP contribution < -0.4 is 4.74 Å². The molecule has 0 heterocycles. The van der Waals surface area contributed by atoms with Gasteiger partial charge in [-0.05, 0) is 13.0 Å². The number of aliphatic carboxylic acids is 1. The van der Waals surface area contributed by atoms with Gasteiger partial charge < -0.3 is 9.84 Å². The molecule has 0 saturated heterocycles. The Labute approximate surface area is 123 Å². The largest absolute Gasteiger partial charge is 0.479 e. The second-order valence-electron chi connectivity index (χ2n) is 2.80. The third kappa shape index (κ3) is 4.17. The summed E-state index contributed by atoms with van der Waals surface area (Å²) >= 11 is 17.2. The Morgan fingerprint density at radius 1 is 1.25 bits per heavy atom. The number of benzene rings is 1. The molecule has 1 aromatic rings. The maximum Gasteiger partial charge on any atom is 0.344 e. The van der Waals surface area contributed by atoms with Crippen LogP contribution >= 0.6 is 34.8 Å². The fraction of sp³-hybridized carbons (Fsp3) is 0.222. The van der Waals surface area contributed by atoms with Gasteiger partial charge in [-0.25, -0.2) is 4.79 Å². The Balaban J connectivity index is 0.00000225. The van der Waals surface area contributed by atoms with E-state index in [-0.39, 0.29) is 43.2 Å². The van der Waals surface area contributed by atoms with Gasteiger partial charge >= 0.3 is 5.97 Å². The predicted molar refractivity (Wildman–Crippen MR) is 59.2 cm³/mol. The molecule has 93 valence electrons. The number of hydrogen-bond acceptors (Lipinski definition) is 2. The van der Waals surface area contributed by atoms with Crippen LogP contribution in [0.2, 0.25) is 15.1 Å². The van der Waals surface area contributed by atoms with Crippen LogP contribution in [0.15, 0.2) is 12.1 Å². The number of ether oxygens (including phenoxy) is 1. The molecule has 0 saturated carbocycles. The van der Waals surface area contributed by atoms with E-state index in [1.165, 1.54) is 19.1 Å². The summed E-state index contributed by atoms with van der Waals surface area (Å²) in [5, 5.41) is 9.40. The van der Waals surface area contributed by atoms with Crippen molar-refractivity contribution in [2.45, 2.75) is 13.0 Å². The molecular weight excluding hydrogens is 370 g/mol. The van der Waals surface area contributed by atoms with Crippen LogP contribution in [0.5, 0.6) is 5.75 Å². The van der Waals surface area contributed by atoms with Crippen LogP contribution in [0.1, 0.15) is 6.92 Å². The average molecular weight is 377 g/mol. The van der Waals surface area contributed by atoms with Crippen LogP contribution in [0.25, 0.3) is 0 Å². The van der Waals surface area contributed by atoms with Crippen LogP contribution in [0.4, 0.5) is 0 Å². The Bertz CT molecular complexity index is 398. The van der Waals surface area contributed by atoms with E-state index in [4.69, 9.17) is 44.6 Å². The number of carbonyl (C=O) groups is 1. The first-order valence-corrected chi connectivity index (χ1v) is 5.09. The van der Waals surface area contributed by atoms with Gasteiger partial charge in [0.2, 0.25) is 0 Å². The Kier molecular flexibility index (Phi) is 6.79. The summed E-state index contributed by atoms with van der Waals surface area (Å²) in [6.07, 6.45) is -1.00. The van der Waals surface area contributed by atoms with Gasteiger partial charge in [0.25, 0.3) is 0 Å². The first-order valence-electron chi connectivity index (χ1n) is 3.96. The number of carboxylic acid groups (broad SMARTS) is 1. The quantitative estimate of drug-likeness (QED) is 0.648. The fourth-order valence-corrected chi connectivity index (χ4v) is 1.42. The van der Waals surface area contributed by atoms with Crippen molar-refractivity contribution in [1.82, 2.24) is 0 Å². The first-order chi connectivity index (χ1) is 6.91. The smallest absolute Gasteiger partial charge is 0.344 e. The summed E-state index contributed by atoms with van der Waals surface area (Å²) in [7, 11) is 0. The van der Waals surface area contributed by atoms with Gasteiger partial charge in [0.05, 0.1) is 15.1 Å². The molecule has 7 heteroatoms.